The molecule has 22 heavy (non-hydrogen) atoms. The number of fused-ring (bicyclic) bond motifs is 1. The fraction of sp³-hybridized carbons (Fsp3) is 0.533. The molecule has 0 aliphatic rings. The zero-order chi connectivity index (χ0) is 16.1. The minimum Gasteiger partial charge on any atom is -0.493 e. The monoisotopic (exact) mass is 309 g/mol. The average molecular weight is 309 g/mol. The second-order valence-corrected chi connectivity index (χ2v) is 5.02. The molecule has 3 N–H and O–H groups in total. The fourth-order valence-electron chi connectivity index (χ4n) is 2.40. The minimum atomic E-state index is -0.834. The summed E-state index contributed by atoms with van der Waals surface area (Å²) in [5.41, 5.74) is 1.62. The highest BCUT2D eigenvalue weighted by atomic mass is 16.5. The Morgan fingerprint density at radius 2 is 1.95 bits per heavy atom. The van der Waals surface area contributed by atoms with Crippen molar-refractivity contribution in [2.45, 2.75) is 19.1 Å². The van der Waals surface area contributed by atoms with Crippen LogP contribution in [-0.2, 0) is 13.0 Å². The number of methoxy groups -OCH3 is 2. The molecule has 0 saturated carbocycles. The van der Waals surface area contributed by atoms with E-state index < -0.39 is 6.10 Å². The van der Waals surface area contributed by atoms with E-state index in [-0.39, 0.29) is 13.2 Å². The SMILES string of the molecule is CNCCc1nc2cc(OC)c(OC)cc2n1CC(O)CO. The molecule has 0 spiro atoms. The third-order valence-corrected chi connectivity index (χ3v) is 3.54. The number of nitrogens with zero attached hydrogens (tertiary/aromatic N) is 2. The molecule has 1 heterocycles. The molecule has 0 radical (unpaired) electrons. The van der Waals surface area contributed by atoms with E-state index in [1.165, 1.54) is 0 Å². The largest absolute Gasteiger partial charge is 0.493 e. The molecule has 7 nitrogen and oxygen atoms in total. The molecule has 2 aromatic rings. The van der Waals surface area contributed by atoms with Gasteiger partial charge in [0.1, 0.15) is 5.82 Å². The topological polar surface area (TPSA) is 88.8 Å². The Morgan fingerprint density at radius 3 is 2.55 bits per heavy atom. The van der Waals surface area contributed by atoms with Crippen LogP contribution in [0.2, 0.25) is 0 Å². The second-order valence-electron chi connectivity index (χ2n) is 5.02. The normalized spacial score (nSPS) is 12.6. The summed E-state index contributed by atoms with van der Waals surface area (Å²) < 4.78 is 12.5. The van der Waals surface area contributed by atoms with Crippen molar-refractivity contribution in [1.82, 2.24) is 14.9 Å². The summed E-state index contributed by atoms with van der Waals surface area (Å²) in [7, 11) is 5.04. The number of aliphatic hydroxyl groups excluding tert-OH is 2. The summed E-state index contributed by atoms with van der Waals surface area (Å²) in [5.74, 6) is 2.06. The van der Waals surface area contributed by atoms with Gasteiger partial charge >= 0.3 is 0 Å². The number of hydrogen-bond acceptors (Lipinski definition) is 6. The molecule has 2 rings (SSSR count). The van der Waals surface area contributed by atoms with E-state index >= 15 is 0 Å². The van der Waals surface area contributed by atoms with Crippen molar-refractivity contribution >= 4 is 11.0 Å². The van der Waals surface area contributed by atoms with Gasteiger partial charge in [-0.05, 0) is 7.05 Å². The van der Waals surface area contributed by atoms with Crippen LogP contribution >= 0.6 is 0 Å². The molecule has 7 heteroatoms. The van der Waals surface area contributed by atoms with Crippen molar-refractivity contribution in [1.29, 1.82) is 0 Å². The number of likely N-dealkylation sites (N-methyl/N-ethyl adjacent to an activating group) is 1. The zero-order valence-corrected chi connectivity index (χ0v) is 13.2. The Labute approximate surface area is 129 Å². The van der Waals surface area contributed by atoms with Crippen molar-refractivity contribution in [2.24, 2.45) is 0 Å². The lowest BCUT2D eigenvalue weighted by molar-refractivity contribution is 0.0814. The van der Waals surface area contributed by atoms with Crippen molar-refractivity contribution in [3.63, 3.8) is 0 Å². The van der Waals surface area contributed by atoms with E-state index in [0.717, 1.165) is 23.4 Å². The number of ether oxygens (including phenoxy) is 2. The van der Waals surface area contributed by atoms with Gasteiger partial charge in [0.2, 0.25) is 0 Å². The third kappa shape index (κ3) is 3.32. The van der Waals surface area contributed by atoms with Gasteiger partial charge in [-0.2, -0.15) is 0 Å². The van der Waals surface area contributed by atoms with E-state index in [2.05, 4.69) is 10.3 Å². The lowest BCUT2D eigenvalue weighted by atomic mass is 10.2. The lowest BCUT2D eigenvalue weighted by Gasteiger charge is -2.13. The maximum atomic E-state index is 9.80. The minimum absolute atomic E-state index is 0.279. The maximum Gasteiger partial charge on any atom is 0.163 e. The first-order chi connectivity index (χ1) is 10.6. The summed E-state index contributed by atoms with van der Waals surface area (Å²) >= 11 is 0. The van der Waals surface area contributed by atoms with Gasteiger partial charge in [0, 0.05) is 25.1 Å². The Hall–Kier alpha value is -1.83. The number of aromatic nitrogens is 2. The van der Waals surface area contributed by atoms with Crippen molar-refractivity contribution < 1.29 is 19.7 Å². The molecule has 0 saturated heterocycles. The lowest BCUT2D eigenvalue weighted by Crippen LogP contribution is -2.22. The van der Waals surface area contributed by atoms with Gasteiger partial charge < -0.3 is 29.6 Å². The Bertz CT molecular complexity index is 627. The van der Waals surface area contributed by atoms with Crippen molar-refractivity contribution in [2.75, 3.05) is 34.4 Å². The van der Waals surface area contributed by atoms with Crippen LogP contribution < -0.4 is 14.8 Å². The molecule has 0 amide bonds. The van der Waals surface area contributed by atoms with Gasteiger partial charge in [0.05, 0.1) is 44.5 Å². The van der Waals surface area contributed by atoms with Crippen molar-refractivity contribution in [3.8, 4) is 11.5 Å². The van der Waals surface area contributed by atoms with Crippen LogP contribution in [-0.4, -0.2) is 60.3 Å². The molecular weight excluding hydrogens is 286 g/mol. The number of nitrogens with one attached hydrogen (secondary N) is 1. The molecule has 1 aromatic heterocycles. The van der Waals surface area contributed by atoms with Crippen LogP contribution in [0.5, 0.6) is 11.5 Å². The van der Waals surface area contributed by atoms with Crippen LogP contribution in [0, 0.1) is 0 Å². The van der Waals surface area contributed by atoms with Crippen LogP contribution in [0.25, 0.3) is 11.0 Å². The van der Waals surface area contributed by atoms with E-state index in [9.17, 15) is 5.11 Å². The van der Waals surface area contributed by atoms with Gasteiger partial charge in [-0.3, -0.25) is 0 Å². The first-order valence-corrected chi connectivity index (χ1v) is 7.19. The standard InChI is InChI=1S/C15H23N3O4/c1-16-5-4-15-17-11-6-13(21-2)14(22-3)7-12(11)18(15)8-10(20)9-19/h6-7,10,16,19-20H,4-5,8-9H2,1-3H3. The summed E-state index contributed by atoms with van der Waals surface area (Å²) in [6.07, 6.45) is -0.118. The van der Waals surface area contributed by atoms with Crippen molar-refractivity contribution in [3.05, 3.63) is 18.0 Å². The molecule has 1 unspecified atom stereocenters. The molecule has 0 aliphatic heterocycles. The van der Waals surface area contributed by atoms with Gasteiger partial charge in [-0.1, -0.05) is 0 Å². The van der Waals surface area contributed by atoms with E-state index in [1.807, 2.05) is 23.7 Å². The van der Waals surface area contributed by atoms with Gasteiger partial charge in [0.25, 0.3) is 0 Å². The fourth-order valence-corrected chi connectivity index (χ4v) is 2.40. The highest BCUT2D eigenvalue weighted by Gasteiger charge is 2.17. The maximum absolute atomic E-state index is 9.80. The van der Waals surface area contributed by atoms with Gasteiger partial charge in [-0.15, -0.1) is 0 Å². The van der Waals surface area contributed by atoms with Crippen LogP contribution in [0.3, 0.4) is 0 Å². The van der Waals surface area contributed by atoms with E-state index in [1.54, 1.807) is 14.2 Å². The number of imidazole rings is 1. The number of benzene rings is 1. The molecule has 0 bridgehead atoms. The number of aliphatic hydroxyl groups is 2. The van der Waals surface area contributed by atoms with Crippen LogP contribution in [0.15, 0.2) is 12.1 Å². The smallest absolute Gasteiger partial charge is 0.163 e. The summed E-state index contributed by atoms with van der Waals surface area (Å²) in [4.78, 5) is 4.62. The van der Waals surface area contributed by atoms with E-state index in [4.69, 9.17) is 14.6 Å². The highest BCUT2D eigenvalue weighted by molar-refractivity contribution is 5.80. The first-order valence-electron chi connectivity index (χ1n) is 7.19. The quantitative estimate of drug-likeness (QED) is 0.644. The second kappa shape index (κ2) is 7.44. The Balaban J connectivity index is 2.53. The molecular formula is C15H23N3O4. The van der Waals surface area contributed by atoms with Gasteiger partial charge in [0.15, 0.2) is 11.5 Å². The molecule has 1 atom stereocenters. The highest BCUT2D eigenvalue weighted by Crippen LogP contribution is 2.32. The molecule has 0 fully saturated rings. The summed E-state index contributed by atoms with van der Waals surface area (Å²) in [5, 5.41) is 22.0. The predicted molar refractivity (Wildman–Crippen MR) is 83.6 cm³/mol. The molecule has 122 valence electrons. The molecule has 0 aliphatic carbocycles. The van der Waals surface area contributed by atoms with E-state index in [0.29, 0.717) is 17.9 Å². The number of hydrogen-bond donors (Lipinski definition) is 3. The molecule has 1 aromatic carbocycles. The summed E-state index contributed by atoms with van der Waals surface area (Å²) in [6, 6.07) is 3.66. The number of rotatable bonds is 8. The van der Waals surface area contributed by atoms with Crippen LogP contribution in [0.1, 0.15) is 5.82 Å². The third-order valence-electron chi connectivity index (χ3n) is 3.54. The van der Waals surface area contributed by atoms with Gasteiger partial charge in [-0.25, -0.2) is 4.98 Å². The summed E-state index contributed by atoms with van der Waals surface area (Å²) in [6.45, 7) is 0.757. The van der Waals surface area contributed by atoms with Crippen LogP contribution in [0.4, 0.5) is 0 Å². The first kappa shape index (κ1) is 16.5. The Kier molecular flexibility index (Phi) is 5.59. The zero-order valence-electron chi connectivity index (χ0n) is 13.2. The Morgan fingerprint density at radius 1 is 1.27 bits per heavy atom. The average Bonchev–Trinajstić information content (AvgIpc) is 2.87. The predicted octanol–water partition coefficient (Wildman–Crippen LogP) is 0.169.